The Kier molecular flexibility index (Phi) is 4.29. The molecule has 2 nitrogen and oxygen atoms in total. The van der Waals surface area contributed by atoms with Crippen molar-refractivity contribution in [3.63, 3.8) is 0 Å². The van der Waals surface area contributed by atoms with Crippen LogP contribution >= 0.6 is 0 Å². The second-order valence-corrected chi connectivity index (χ2v) is 4.24. The zero-order valence-corrected chi connectivity index (χ0v) is 11.1. The Labute approximate surface area is 115 Å². The number of ether oxygens (including phenoxy) is 1. The summed E-state index contributed by atoms with van der Waals surface area (Å²) in [4.78, 5) is 0. The van der Waals surface area contributed by atoms with E-state index in [9.17, 15) is 13.2 Å². The maximum absolute atomic E-state index is 13.9. The molecule has 0 saturated heterocycles. The quantitative estimate of drug-likeness (QED) is 0.927. The van der Waals surface area contributed by atoms with E-state index in [4.69, 9.17) is 4.74 Å². The van der Waals surface area contributed by atoms with E-state index in [2.05, 4.69) is 5.32 Å². The van der Waals surface area contributed by atoms with Crippen LogP contribution in [0.25, 0.3) is 0 Å². The maximum Gasteiger partial charge on any atom is 0.131 e. The summed E-state index contributed by atoms with van der Waals surface area (Å²) in [6.45, 7) is 0. The van der Waals surface area contributed by atoms with Crippen LogP contribution in [0.2, 0.25) is 0 Å². The van der Waals surface area contributed by atoms with Crippen molar-refractivity contribution >= 4 is 0 Å². The molecule has 0 aromatic heterocycles. The monoisotopic (exact) mass is 281 g/mol. The van der Waals surface area contributed by atoms with E-state index in [1.807, 2.05) is 0 Å². The molecule has 0 saturated carbocycles. The molecule has 0 radical (unpaired) electrons. The summed E-state index contributed by atoms with van der Waals surface area (Å²) in [6, 6.07) is 6.61. The summed E-state index contributed by atoms with van der Waals surface area (Å²) in [7, 11) is 2.96. The molecule has 0 amide bonds. The average molecular weight is 281 g/mol. The van der Waals surface area contributed by atoms with Gasteiger partial charge in [0.2, 0.25) is 0 Å². The molecule has 1 atom stereocenters. The highest BCUT2D eigenvalue weighted by Gasteiger charge is 2.23. The molecule has 1 N–H and O–H groups in total. The first kappa shape index (κ1) is 14.4. The van der Waals surface area contributed by atoms with Crippen molar-refractivity contribution in [2.75, 3.05) is 14.2 Å². The lowest BCUT2D eigenvalue weighted by Crippen LogP contribution is -2.21. The van der Waals surface area contributed by atoms with Crippen LogP contribution in [-0.2, 0) is 0 Å². The van der Waals surface area contributed by atoms with E-state index in [-0.39, 0.29) is 5.56 Å². The van der Waals surface area contributed by atoms with Crippen molar-refractivity contribution in [1.29, 1.82) is 0 Å². The molecule has 0 aliphatic rings. The van der Waals surface area contributed by atoms with Gasteiger partial charge >= 0.3 is 0 Å². The summed E-state index contributed by atoms with van der Waals surface area (Å²) >= 11 is 0. The predicted octanol–water partition coefficient (Wildman–Crippen LogP) is 3.42. The third kappa shape index (κ3) is 2.63. The summed E-state index contributed by atoms with van der Waals surface area (Å²) in [5.41, 5.74) is 0.165. The number of hydrogen-bond donors (Lipinski definition) is 1. The van der Waals surface area contributed by atoms with E-state index in [0.29, 0.717) is 11.3 Å². The van der Waals surface area contributed by atoms with Gasteiger partial charge in [-0.3, -0.25) is 0 Å². The molecule has 106 valence electrons. The van der Waals surface area contributed by atoms with Gasteiger partial charge in [-0.05, 0) is 37.4 Å². The van der Waals surface area contributed by atoms with E-state index < -0.39 is 23.5 Å². The highest BCUT2D eigenvalue weighted by molar-refractivity contribution is 5.42. The standard InChI is InChI=1S/C15H14F3NO/c1-19-15(14-11(17)4-3-5-12(14)18)10-8-9(16)6-7-13(10)20-2/h3-8,15,19H,1-2H3. The van der Waals surface area contributed by atoms with Gasteiger partial charge in [0.1, 0.15) is 23.2 Å². The van der Waals surface area contributed by atoms with Crippen LogP contribution in [-0.4, -0.2) is 14.2 Å². The lowest BCUT2D eigenvalue weighted by Gasteiger charge is -2.21. The molecule has 2 rings (SSSR count). The SMILES string of the molecule is CNC(c1cc(F)ccc1OC)c1c(F)cccc1F. The van der Waals surface area contributed by atoms with Crippen LogP contribution in [0.4, 0.5) is 13.2 Å². The van der Waals surface area contributed by atoms with Crippen molar-refractivity contribution in [2.45, 2.75) is 6.04 Å². The van der Waals surface area contributed by atoms with Crippen LogP contribution in [0.1, 0.15) is 17.2 Å². The summed E-state index contributed by atoms with van der Waals surface area (Å²) in [5.74, 6) is -1.54. The number of rotatable bonds is 4. The average Bonchev–Trinajstić information content (AvgIpc) is 2.43. The molecular weight excluding hydrogens is 267 g/mol. The van der Waals surface area contributed by atoms with Crippen LogP contribution in [0.3, 0.4) is 0 Å². The third-order valence-electron chi connectivity index (χ3n) is 3.08. The first-order valence-corrected chi connectivity index (χ1v) is 6.03. The van der Waals surface area contributed by atoms with E-state index in [0.717, 1.165) is 12.1 Å². The van der Waals surface area contributed by atoms with Crippen LogP contribution in [0.15, 0.2) is 36.4 Å². The minimum Gasteiger partial charge on any atom is -0.496 e. The topological polar surface area (TPSA) is 21.3 Å². The fraction of sp³-hybridized carbons (Fsp3) is 0.200. The number of halogens is 3. The Balaban J connectivity index is 2.61. The highest BCUT2D eigenvalue weighted by Crippen LogP contribution is 2.33. The van der Waals surface area contributed by atoms with E-state index in [1.165, 1.54) is 31.4 Å². The molecule has 2 aromatic rings. The van der Waals surface area contributed by atoms with Crippen molar-refractivity contribution in [3.8, 4) is 5.75 Å². The second kappa shape index (κ2) is 5.96. The molecule has 5 heteroatoms. The zero-order chi connectivity index (χ0) is 14.7. The summed E-state index contributed by atoms with van der Waals surface area (Å²) in [5, 5.41) is 2.79. The summed E-state index contributed by atoms with van der Waals surface area (Å²) in [6.07, 6.45) is 0. The minimum atomic E-state index is -0.846. The lowest BCUT2D eigenvalue weighted by atomic mass is 9.97. The van der Waals surface area contributed by atoms with Crippen molar-refractivity contribution in [3.05, 3.63) is 65.0 Å². The first-order chi connectivity index (χ1) is 9.58. The summed E-state index contributed by atoms with van der Waals surface area (Å²) < 4.78 is 46.3. The third-order valence-corrected chi connectivity index (χ3v) is 3.08. The van der Waals surface area contributed by atoms with E-state index in [1.54, 1.807) is 7.05 Å². The van der Waals surface area contributed by atoms with Gasteiger partial charge in [0, 0.05) is 11.1 Å². The number of hydrogen-bond acceptors (Lipinski definition) is 2. The van der Waals surface area contributed by atoms with Crippen LogP contribution < -0.4 is 10.1 Å². The number of benzene rings is 2. The fourth-order valence-electron chi connectivity index (χ4n) is 2.17. The molecule has 0 bridgehead atoms. The molecule has 0 spiro atoms. The van der Waals surface area contributed by atoms with Gasteiger partial charge in [-0.1, -0.05) is 6.07 Å². The van der Waals surface area contributed by atoms with Crippen LogP contribution in [0.5, 0.6) is 5.75 Å². The van der Waals surface area contributed by atoms with Gasteiger partial charge in [-0.25, -0.2) is 13.2 Å². The first-order valence-electron chi connectivity index (χ1n) is 6.03. The van der Waals surface area contributed by atoms with Crippen LogP contribution in [0, 0.1) is 17.5 Å². The number of nitrogens with one attached hydrogen (secondary N) is 1. The van der Waals surface area contributed by atoms with Gasteiger partial charge < -0.3 is 10.1 Å². The van der Waals surface area contributed by atoms with Crippen molar-refractivity contribution in [1.82, 2.24) is 5.32 Å². The second-order valence-electron chi connectivity index (χ2n) is 4.24. The Morgan fingerprint density at radius 3 is 2.25 bits per heavy atom. The molecule has 2 aromatic carbocycles. The largest absolute Gasteiger partial charge is 0.496 e. The Morgan fingerprint density at radius 1 is 1.05 bits per heavy atom. The fourth-order valence-corrected chi connectivity index (χ4v) is 2.17. The Bertz CT molecular complexity index is 596. The normalized spacial score (nSPS) is 12.2. The molecule has 0 fully saturated rings. The van der Waals surface area contributed by atoms with Crippen molar-refractivity contribution in [2.24, 2.45) is 0 Å². The molecule has 0 aliphatic heterocycles. The minimum absolute atomic E-state index is 0.168. The van der Waals surface area contributed by atoms with Gasteiger partial charge in [0.15, 0.2) is 0 Å². The lowest BCUT2D eigenvalue weighted by molar-refractivity contribution is 0.401. The molecule has 1 unspecified atom stereocenters. The van der Waals surface area contributed by atoms with Gasteiger partial charge in [-0.2, -0.15) is 0 Å². The van der Waals surface area contributed by atoms with Gasteiger partial charge in [0.05, 0.1) is 13.2 Å². The van der Waals surface area contributed by atoms with Gasteiger partial charge in [0.25, 0.3) is 0 Å². The maximum atomic E-state index is 13.9. The Hall–Kier alpha value is -2.01. The molecular formula is C15H14F3NO. The molecule has 20 heavy (non-hydrogen) atoms. The Morgan fingerprint density at radius 2 is 1.70 bits per heavy atom. The molecule has 0 aliphatic carbocycles. The smallest absolute Gasteiger partial charge is 0.131 e. The zero-order valence-electron chi connectivity index (χ0n) is 11.1. The van der Waals surface area contributed by atoms with E-state index >= 15 is 0 Å². The van der Waals surface area contributed by atoms with Gasteiger partial charge in [-0.15, -0.1) is 0 Å². The highest BCUT2D eigenvalue weighted by atomic mass is 19.1. The molecule has 0 heterocycles. The van der Waals surface area contributed by atoms with Crippen molar-refractivity contribution < 1.29 is 17.9 Å². The predicted molar refractivity (Wildman–Crippen MR) is 70.2 cm³/mol. The number of methoxy groups -OCH3 is 1.